The Labute approximate surface area is 138 Å². The fourth-order valence-corrected chi connectivity index (χ4v) is 3.07. The van der Waals surface area contributed by atoms with Crippen LogP contribution < -0.4 is 10.9 Å². The van der Waals surface area contributed by atoms with Crippen molar-refractivity contribution in [1.82, 2.24) is 9.97 Å². The zero-order chi connectivity index (χ0) is 16.5. The largest absolute Gasteiger partial charge is 0.310 e. The van der Waals surface area contributed by atoms with E-state index in [1.54, 1.807) is 0 Å². The maximum absolute atomic E-state index is 12.7. The number of carbonyl (C=O) groups is 1. The van der Waals surface area contributed by atoms with E-state index in [0.29, 0.717) is 17.2 Å². The van der Waals surface area contributed by atoms with Gasteiger partial charge in [-0.15, -0.1) is 0 Å². The van der Waals surface area contributed by atoms with Gasteiger partial charge < -0.3 is 10.3 Å². The number of rotatable bonds is 2. The lowest BCUT2D eigenvalue weighted by Crippen LogP contribution is -2.31. The van der Waals surface area contributed by atoms with Crippen LogP contribution in [-0.4, -0.2) is 15.9 Å². The number of hydrogen-bond donors (Lipinski definition) is 2. The fourth-order valence-electron chi connectivity index (χ4n) is 3.07. The van der Waals surface area contributed by atoms with E-state index in [-0.39, 0.29) is 23.8 Å². The van der Waals surface area contributed by atoms with Gasteiger partial charge in [0, 0.05) is 17.9 Å². The number of nitrogens with zero attached hydrogens (tertiary/aromatic N) is 1. The van der Waals surface area contributed by atoms with E-state index in [2.05, 4.69) is 15.3 Å². The van der Waals surface area contributed by atoms with Gasteiger partial charge in [-0.3, -0.25) is 9.59 Å². The molecule has 1 atom stereocenters. The number of aromatic amines is 1. The lowest BCUT2D eigenvalue weighted by molar-refractivity contribution is -0.116. The molecular formula is C19H15N3O2. The van der Waals surface area contributed by atoms with Crippen molar-refractivity contribution >= 4 is 11.7 Å². The standard InChI is InChI=1S/C19H15N3O2/c23-15-11-14(12-7-3-1-4-8-12)16-18(20-15)21-17(22-19(16)24)13-9-5-2-6-10-13/h1-10,14H,11H2,(H2,20,21,22,23,24). The maximum atomic E-state index is 12.7. The number of amides is 1. The third-order valence-electron chi connectivity index (χ3n) is 4.20. The van der Waals surface area contributed by atoms with Crippen LogP contribution in [0.15, 0.2) is 65.5 Å². The molecule has 1 aliphatic heterocycles. The molecule has 118 valence electrons. The van der Waals surface area contributed by atoms with Crippen LogP contribution in [-0.2, 0) is 4.79 Å². The first-order valence-electron chi connectivity index (χ1n) is 7.77. The van der Waals surface area contributed by atoms with Crippen molar-refractivity contribution in [3.63, 3.8) is 0 Å². The molecule has 1 unspecified atom stereocenters. The smallest absolute Gasteiger partial charge is 0.257 e. The number of nitrogens with one attached hydrogen (secondary N) is 2. The zero-order valence-electron chi connectivity index (χ0n) is 12.8. The second kappa shape index (κ2) is 5.77. The van der Waals surface area contributed by atoms with E-state index in [1.165, 1.54) is 0 Å². The topological polar surface area (TPSA) is 74.8 Å². The van der Waals surface area contributed by atoms with E-state index in [9.17, 15) is 9.59 Å². The molecule has 0 fully saturated rings. The molecule has 0 saturated carbocycles. The molecule has 0 spiro atoms. The molecule has 1 amide bonds. The van der Waals surface area contributed by atoms with Gasteiger partial charge in [-0.1, -0.05) is 60.7 Å². The molecule has 3 aromatic rings. The van der Waals surface area contributed by atoms with E-state index in [4.69, 9.17) is 0 Å². The van der Waals surface area contributed by atoms with Gasteiger partial charge in [-0.05, 0) is 5.56 Å². The minimum absolute atomic E-state index is 0.131. The maximum Gasteiger partial charge on any atom is 0.257 e. The Balaban J connectivity index is 1.87. The number of hydrogen-bond acceptors (Lipinski definition) is 3. The number of H-pyrrole nitrogens is 1. The highest BCUT2D eigenvalue weighted by atomic mass is 16.2. The van der Waals surface area contributed by atoms with Crippen LogP contribution in [0.3, 0.4) is 0 Å². The van der Waals surface area contributed by atoms with Crippen molar-refractivity contribution in [2.75, 3.05) is 5.32 Å². The van der Waals surface area contributed by atoms with Crippen molar-refractivity contribution in [3.8, 4) is 11.4 Å². The van der Waals surface area contributed by atoms with Gasteiger partial charge in [0.2, 0.25) is 5.91 Å². The van der Waals surface area contributed by atoms with Gasteiger partial charge in [0.1, 0.15) is 11.6 Å². The van der Waals surface area contributed by atoms with Crippen LogP contribution >= 0.6 is 0 Å². The first kappa shape index (κ1) is 14.4. The average molecular weight is 317 g/mol. The number of benzene rings is 2. The second-order valence-corrected chi connectivity index (χ2v) is 5.76. The zero-order valence-corrected chi connectivity index (χ0v) is 12.8. The summed E-state index contributed by atoms with van der Waals surface area (Å²) < 4.78 is 0. The number of aromatic nitrogens is 2. The Hall–Kier alpha value is -3.21. The molecule has 24 heavy (non-hydrogen) atoms. The Kier molecular flexibility index (Phi) is 3.46. The summed E-state index contributed by atoms with van der Waals surface area (Å²) in [6.45, 7) is 0. The van der Waals surface area contributed by atoms with E-state index in [1.807, 2.05) is 60.7 Å². The van der Waals surface area contributed by atoms with Crippen LogP contribution in [0.1, 0.15) is 23.5 Å². The molecule has 0 radical (unpaired) electrons. The van der Waals surface area contributed by atoms with Crippen molar-refractivity contribution in [3.05, 3.63) is 82.1 Å². The fraction of sp³-hybridized carbons (Fsp3) is 0.105. The first-order chi connectivity index (χ1) is 11.7. The highest BCUT2D eigenvalue weighted by Crippen LogP contribution is 2.34. The van der Waals surface area contributed by atoms with Crippen LogP contribution in [0.25, 0.3) is 11.4 Å². The summed E-state index contributed by atoms with van der Waals surface area (Å²) in [6, 6.07) is 19.0. The molecule has 5 heteroatoms. The third kappa shape index (κ3) is 2.50. The molecular weight excluding hydrogens is 302 g/mol. The minimum Gasteiger partial charge on any atom is -0.310 e. The average Bonchev–Trinajstić information content (AvgIpc) is 2.62. The van der Waals surface area contributed by atoms with Gasteiger partial charge in [-0.2, -0.15) is 0 Å². The summed E-state index contributed by atoms with van der Waals surface area (Å²) in [5, 5.41) is 2.74. The molecule has 0 bridgehead atoms. The molecule has 4 rings (SSSR count). The number of carbonyl (C=O) groups excluding carboxylic acids is 1. The molecule has 5 nitrogen and oxygen atoms in total. The Morgan fingerprint density at radius 2 is 1.58 bits per heavy atom. The minimum atomic E-state index is -0.281. The van der Waals surface area contributed by atoms with Gasteiger partial charge in [0.15, 0.2) is 0 Å². The highest BCUT2D eigenvalue weighted by molar-refractivity contribution is 5.94. The van der Waals surface area contributed by atoms with Crippen molar-refractivity contribution in [2.45, 2.75) is 12.3 Å². The normalized spacial score (nSPS) is 16.3. The highest BCUT2D eigenvalue weighted by Gasteiger charge is 2.30. The quantitative estimate of drug-likeness (QED) is 0.763. The third-order valence-corrected chi connectivity index (χ3v) is 4.20. The van der Waals surface area contributed by atoms with Crippen molar-refractivity contribution in [2.24, 2.45) is 0 Å². The summed E-state index contributed by atoms with van der Waals surface area (Å²) in [5.74, 6) is 0.389. The predicted octanol–water partition coefficient (Wildman–Crippen LogP) is 2.91. The van der Waals surface area contributed by atoms with Gasteiger partial charge in [0.05, 0.1) is 5.56 Å². The second-order valence-electron chi connectivity index (χ2n) is 5.76. The lowest BCUT2D eigenvalue weighted by Gasteiger charge is -2.24. The Morgan fingerprint density at radius 3 is 2.29 bits per heavy atom. The molecule has 0 saturated heterocycles. The van der Waals surface area contributed by atoms with Crippen LogP contribution in [0.4, 0.5) is 5.82 Å². The van der Waals surface area contributed by atoms with Crippen molar-refractivity contribution < 1.29 is 4.79 Å². The van der Waals surface area contributed by atoms with Gasteiger partial charge >= 0.3 is 0 Å². The molecule has 2 N–H and O–H groups in total. The monoisotopic (exact) mass is 317 g/mol. The molecule has 1 aromatic heterocycles. The SMILES string of the molecule is O=C1CC(c2ccccc2)c2c(nc(-c3ccccc3)[nH]c2=O)N1. The molecule has 1 aliphatic rings. The van der Waals surface area contributed by atoms with E-state index in [0.717, 1.165) is 11.1 Å². The molecule has 0 aliphatic carbocycles. The molecule has 2 heterocycles. The number of fused-ring (bicyclic) bond motifs is 1. The van der Waals surface area contributed by atoms with Crippen LogP contribution in [0.5, 0.6) is 0 Å². The summed E-state index contributed by atoms with van der Waals surface area (Å²) in [5.41, 5.74) is 2.04. The summed E-state index contributed by atoms with van der Waals surface area (Å²) in [4.78, 5) is 32.1. The van der Waals surface area contributed by atoms with Crippen molar-refractivity contribution in [1.29, 1.82) is 0 Å². The first-order valence-corrected chi connectivity index (χ1v) is 7.77. The van der Waals surface area contributed by atoms with Crippen LogP contribution in [0, 0.1) is 0 Å². The predicted molar refractivity (Wildman–Crippen MR) is 91.8 cm³/mol. The van der Waals surface area contributed by atoms with Gasteiger partial charge in [0.25, 0.3) is 5.56 Å². The van der Waals surface area contributed by atoms with E-state index >= 15 is 0 Å². The summed E-state index contributed by atoms with van der Waals surface area (Å²) in [7, 11) is 0. The lowest BCUT2D eigenvalue weighted by atomic mass is 9.87. The Bertz CT molecular complexity index is 949. The Morgan fingerprint density at radius 1 is 0.917 bits per heavy atom. The van der Waals surface area contributed by atoms with Crippen LogP contribution in [0.2, 0.25) is 0 Å². The molecule has 2 aromatic carbocycles. The summed E-state index contributed by atoms with van der Waals surface area (Å²) in [6.07, 6.45) is 0.243. The summed E-state index contributed by atoms with van der Waals surface area (Å²) >= 11 is 0. The van der Waals surface area contributed by atoms with E-state index < -0.39 is 0 Å². The number of anilines is 1. The van der Waals surface area contributed by atoms with Gasteiger partial charge in [-0.25, -0.2) is 4.98 Å².